The minimum Gasteiger partial charge on any atom is -0.499 e. The Morgan fingerprint density at radius 1 is 1.12 bits per heavy atom. The molecule has 0 aromatic carbocycles. The zero-order valence-electron chi connectivity index (χ0n) is 5.68. The van der Waals surface area contributed by atoms with Crippen molar-refractivity contribution in [1.82, 2.24) is 0 Å². The molecule has 0 unspecified atom stereocenters. The molecular formula is C5H12B2O. The SMILES string of the molecule is CB1CCCB(C)O1. The third-order valence-corrected chi connectivity index (χ3v) is 1.69. The molecule has 1 rings (SSSR count). The molecule has 44 valence electrons. The van der Waals surface area contributed by atoms with Crippen LogP contribution in [0.3, 0.4) is 0 Å². The Balaban J connectivity index is 2.23. The van der Waals surface area contributed by atoms with E-state index in [0.717, 1.165) is 0 Å². The Kier molecular flexibility index (Phi) is 2.01. The topological polar surface area (TPSA) is 9.23 Å². The van der Waals surface area contributed by atoms with E-state index in [2.05, 4.69) is 13.6 Å². The summed E-state index contributed by atoms with van der Waals surface area (Å²) in [6.07, 6.45) is 3.86. The summed E-state index contributed by atoms with van der Waals surface area (Å²) in [5, 5.41) is 0. The maximum absolute atomic E-state index is 5.49. The summed E-state index contributed by atoms with van der Waals surface area (Å²) in [6, 6.07) is 0. The van der Waals surface area contributed by atoms with Crippen LogP contribution in [0.4, 0.5) is 0 Å². The van der Waals surface area contributed by atoms with Gasteiger partial charge in [0.05, 0.1) is 0 Å². The molecule has 0 atom stereocenters. The highest BCUT2D eigenvalue weighted by atomic mass is 16.4. The van der Waals surface area contributed by atoms with Gasteiger partial charge in [-0.3, -0.25) is 0 Å². The van der Waals surface area contributed by atoms with Gasteiger partial charge in [0.25, 0.3) is 13.8 Å². The van der Waals surface area contributed by atoms with E-state index in [0.29, 0.717) is 13.8 Å². The van der Waals surface area contributed by atoms with Crippen LogP contribution in [-0.4, -0.2) is 13.8 Å². The van der Waals surface area contributed by atoms with E-state index in [9.17, 15) is 0 Å². The Hall–Kier alpha value is 0.0899. The molecule has 0 N–H and O–H groups in total. The van der Waals surface area contributed by atoms with Gasteiger partial charge in [-0.15, -0.1) is 0 Å². The zero-order valence-corrected chi connectivity index (χ0v) is 5.68. The van der Waals surface area contributed by atoms with Crippen LogP contribution in [0.5, 0.6) is 0 Å². The average molecular weight is 110 g/mol. The molecule has 0 bridgehead atoms. The predicted molar refractivity (Wildman–Crippen MR) is 38.6 cm³/mol. The van der Waals surface area contributed by atoms with Crippen LogP contribution in [0, 0.1) is 0 Å². The normalized spacial score (nSPS) is 21.8. The van der Waals surface area contributed by atoms with Gasteiger partial charge in [0.15, 0.2) is 0 Å². The van der Waals surface area contributed by atoms with Crippen molar-refractivity contribution in [3.8, 4) is 0 Å². The second-order valence-electron chi connectivity index (χ2n) is 2.69. The fourth-order valence-corrected chi connectivity index (χ4v) is 1.23. The smallest absolute Gasteiger partial charge is 0.272 e. The molecule has 0 radical (unpaired) electrons. The lowest BCUT2D eigenvalue weighted by molar-refractivity contribution is 0.562. The van der Waals surface area contributed by atoms with E-state index in [-0.39, 0.29) is 0 Å². The van der Waals surface area contributed by atoms with Crippen LogP contribution in [0.1, 0.15) is 6.42 Å². The molecule has 0 aromatic rings. The number of hydrogen-bond acceptors (Lipinski definition) is 1. The Morgan fingerprint density at radius 2 is 1.62 bits per heavy atom. The summed E-state index contributed by atoms with van der Waals surface area (Å²) in [4.78, 5) is 0. The molecule has 1 fully saturated rings. The number of rotatable bonds is 0. The van der Waals surface area contributed by atoms with Crippen molar-refractivity contribution in [1.29, 1.82) is 0 Å². The van der Waals surface area contributed by atoms with E-state index in [1.165, 1.54) is 19.1 Å². The first kappa shape index (κ1) is 6.21. The Labute approximate surface area is 52.0 Å². The van der Waals surface area contributed by atoms with Crippen LogP contribution < -0.4 is 0 Å². The largest absolute Gasteiger partial charge is 0.499 e. The summed E-state index contributed by atoms with van der Waals surface area (Å²) in [6.45, 7) is 5.32. The highest BCUT2D eigenvalue weighted by Gasteiger charge is 2.20. The van der Waals surface area contributed by atoms with Crippen LogP contribution in [-0.2, 0) is 4.57 Å². The van der Waals surface area contributed by atoms with Crippen molar-refractivity contribution < 1.29 is 4.57 Å². The van der Waals surface area contributed by atoms with E-state index in [1.807, 2.05) is 0 Å². The Morgan fingerprint density at radius 3 is 1.88 bits per heavy atom. The minimum absolute atomic E-state index is 0.513. The van der Waals surface area contributed by atoms with Gasteiger partial charge in [-0.2, -0.15) is 0 Å². The van der Waals surface area contributed by atoms with Gasteiger partial charge in [0, 0.05) is 0 Å². The molecule has 1 aliphatic rings. The Bertz CT molecular complexity index is 68.8. The van der Waals surface area contributed by atoms with Crippen LogP contribution in [0.15, 0.2) is 0 Å². The lowest BCUT2D eigenvalue weighted by Gasteiger charge is -2.20. The van der Waals surface area contributed by atoms with Crippen molar-refractivity contribution in [2.75, 3.05) is 0 Å². The fraction of sp³-hybridized carbons (Fsp3) is 1.00. The molecule has 0 aromatic heterocycles. The maximum atomic E-state index is 5.49. The fourth-order valence-electron chi connectivity index (χ4n) is 1.23. The third-order valence-electron chi connectivity index (χ3n) is 1.69. The summed E-state index contributed by atoms with van der Waals surface area (Å²) in [7, 11) is 0. The van der Waals surface area contributed by atoms with E-state index >= 15 is 0 Å². The van der Waals surface area contributed by atoms with E-state index in [4.69, 9.17) is 4.57 Å². The molecule has 8 heavy (non-hydrogen) atoms. The van der Waals surface area contributed by atoms with Gasteiger partial charge in [-0.1, -0.05) is 20.1 Å². The van der Waals surface area contributed by atoms with Crippen molar-refractivity contribution in [3.63, 3.8) is 0 Å². The quantitative estimate of drug-likeness (QED) is 0.430. The molecule has 1 aliphatic heterocycles. The monoisotopic (exact) mass is 110 g/mol. The van der Waals surface area contributed by atoms with Gasteiger partial charge < -0.3 is 4.57 Å². The minimum atomic E-state index is 0.513. The van der Waals surface area contributed by atoms with Gasteiger partial charge in [-0.05, 0) is 12.6 Å². The molecule has 3 heteroatoms. The van der Waals surface area contributed by atoms with Crippen molar-refractivity contribution in [3.05, 3.63) is 0 Å². The first-order chi connectivity index (χ1) is 3.79. The lowest BCUT2D eigenvalue weighted by Crippen LogP contribution is -2.28. The summed E-state index contributed by atoms with van der Waals surface area (Å²) in [5.41, 5.74) is 0. The lowest BCUT2D eigenvalue weighted by atomic mass is 9.51. The van der Waals surface area contributed by atoms with Crippen molar-refractivity contribution in [2.24, 2.45) is 0 Å². The van der Waals surface area contributed by atoms with Crippen LogP contribution >= 0.6 is 0 Å². The second kappa shape index (κ2) is 2.58. The molecular weight excluding hydrogens is 97.7 g/mol. The molecule has 1 saturated heterocycles. The summed E-state index contributed by atoms with van der Waals surface area (Å²) >= 11 is 0. The summed E-state index contributed by atoms with van der Waals surface area (Å²) in [5.74, 6) is 0. The van der Waals surface area contributed by atoms with E-state index in [1.54, 1.807) is 0 Å². The average Bonchev–Trinajstić information content (AvgIpc) is 1.64. The molecule has 0 spiro atoms. The highest BCUT2D eigenvalue weighted by molar-refractivity contribution is 6.66. The molecule has 1 heterocycles. The molecule has 0 amide bonds. The molecule has 0 saturated carbocycles. The van der Waals surface area contributed by atoms with Gasteiger partial charge >= 0.3 is 0 Å². The van der Waals surface area contributed by atoms with Crippen molar-refractivity contribution in [2.45, 2.75) is 32.7 Å². The first-order valence-corrected chi connectivity index (χ1v) is 3.44. The van der Waals surface area contributed by atoms with Crippen molar-refractivity contribution >= 4 is 13.8 Å². The third kappa shape index (κ3) is 1.55. The van der Waals surface area contributed by atoms with E-state index < -0.39 is 0 Å². The van der Waals surface area contributed by atoms with Gasteiger partial charge in [0.1, 0.15) is 0 Å². The maximum Gasteiger partial charge on any atom is 0.272 e. The molecule has 1 nitrogen and oxygen atoms in total. The van der Waals surface area contributed by atoms with Crippen LogP contribution in [0.2, 0.25) is 26.3 Å². The predicted octanol–water partition coefficient (Wildman–Crippen LogP) is 1.65. The van der Waals surface area contributed by atoms with Crippen LogP contribution in [0.25, 0.3) is 0 Å². The zero-order chi connectivity index (χ0) is 5.98. The second-order valence-corrected chi connectivity index (χ2v) is 2.69. The standard InChI is InChI=1S/C5H12B2O/c1-6-4-3-5-7(2)8-6/h3-5H2,1-2H3. The molecule has 0 aliphatic carbocycles. The van der Waals surface area contributed by atoms with Gasteiger partial charge in [-0.25, -0.2) is 0 Å². The van der Waals surface area contributed by atoms with Gasteiger partial charge in [0.2, 0.25) is 0 Å². The summed E-state index contributed by atoms with van der Waals surface area (Å²) < 4.78 is 5.49. The first-order valence-electron chi connectivity index (χ1n) is 3.44. The highest BCUT2D eigenvalue weighted by Crippen LogP contribution is 2.14. The number of hydrogen-bond donors (Lipinski definition) is 0.